The number of thiocarbonyl (C=S) groups is 1. The van der Waals surface area contributed by atoms with Gasteiger partial charge in [-0.15, -0.1) is 0 Å². The molecule has 1 fully saturated rings. The maximum absolute atomic E-state index is 13.7. The average molecular weight is 407 g/mol. The lowest BCUT2D eigenvalue weighted by atomic mass is 10.1. The highest BCUT2D eigenvalue weighted by Crippen LogP contribution is 2.27. The van der Waals surface area contributed by atoms with Gasteiger partial charge in [-0.2, -0.15) is 0 Å². The zero-order valence-corrected chi connectivity index (χ0v) is 14.7. The summed E-state index contributed by atoms with van der Waals surface area (Å²) in [7, 11) is 0. The summed E-state index contributed by atoms with van der Waals surface area (Å²) in [6.45, 7) is 0.0858. The van der Waals surface area contributed by atoms with E-state index in [-0.39, 0.29) is 23.4 Å². The van der Waals surface area contributed by atoms with Crippen molar-refractivity contribution < 1.29 is 13.9 Å². The first kappa shape index (κ1) is 16.6. The number of amides is 1. The predicted molar refractivity (Wildman–Crippen MR) is 96.7 cm³/mol. The SMILES string of the molecule is O=C1NC(=S)NC1=Cc1cc(Br)ccc1OCc1ccccc1F. The van der Waals surface area contributed by atoms with Crippen LogP contribution < -0.4 is 15.4 Å². The molecule has 7 heteroatoms. The topological polar surface area (TPSA) is 50.4 Å². The third kappa shape index (κ3) is 3.80. The fourth-order valence-corrected chi connectivity index (χ4v) is 2.75. The summed E-state index contributed by atoms with van der Waals surface area (Å²) < 4.78 is 20.3. The summed E-state index contributed by atoms with van der Waals surface area (Å²) in [5.74, 6) is -0.0990. The number of benzene rings is 2. The number of hydrogen-bond acceptors (Lipinski definition) is 3. The highest BCUT2D eigenvalue weighted by molar-refractivity contribution is 9.10. The molecule has 1 amide bonds. The molecule has 122 valence electrons. The van der Waals surface area contributed by atoms with Crippen molar-refractivity contribution in [2.75, 3.05) is 0 Å². The first-order valence-electron chi connectivity index (χ1n) is 7.03. The van der Waals surface area contributed by atoms with Crippen LogP contribution in [0.5, 0.6) is 5.75 Å². The number of carbonyl (C=O) groups excluding carboxylic acids is 1. The number of rotatable bonds is 4. The molecule has 0 saturated carbocycles. The van der Waals surface area contributed by atoms with E-state index in [0.717, 1.165) is 4.47 Å². The molecule has 4 nitrogen and oxygen atoms in total. The molecule has 1 aliphatic heterocycles. The maximum atomic E-state index is 13.7. The third-order valence-corrected chi connectivity index (χ3v) is 4.03. The van der Waals surface area contributed by atoms with Crippen LogP contribution in [0, 0.1) is 5.82 Å². The lowest BCUT2D eigenvalue weighted by Crippen LogP contribution is -2.21. The Hall–Kier alpha value is -2.25. The van der Waals surface area contributed by atoms with Crippen LogP contribution in [-0.2, 0) is 11.4 Å². The summed E-state index contributed by atoms with van der Waals surface area (Å²) in [5, 5.41) is 5.54. The van der Waals surface area contributed by atoms with E-state index in [2.05, 4.69) is 26.6 Å². The van der Waals surface area contributed by atoms with E-state index in [9.17, 15) is 9.18 Å². The highest BCUT2D eigenvalue weighted by Gasteiger charge is 2.20. The van der Waals surface area contributed by atoms with Crippen molar-refractivity contribution in [3.8, 4) is 5.75 Å². The van der Waals surface area contributed by atoms with Crippen LogP contribution in [0.25, 0.3) is 6.08 Å². The van der Waals surface area contributed by atoms with E-state index in [0.29, 0.717) is 22.6 Å². The molecule has 2 aromatic carbocycles. The van der Waals surface area contributed by atoms with Gasteiger partial charge in [0.05, 0.1) is 0 Å². The first-order chi connectivity index (χ1) is 11.5. The predicted octanol–water partition coefficient (Wildman–Crippen LogP) is 3.51. The molecule has 0 radical (unpaired) electrons. The Labute approximate surface area is 151 Å². The lowest BCUT2D eigenvalue weighted by Gasteiger charge is -2.11. The summed E-state index contributed by atoms with van der Waals surface area (Å²) in [6.07, 6.45) is 1.63. The second kappa shape index (κ2) is 7.11. The molecule has 0 atom stereocenters. The standard InChI is InChI=1S/C17H12BrFN2O2S/c18-12-5-6-15(23-9-10-3-1-2-4-13(10)19)11(7-12)8-14-16(22)21-17(24)20-14/h1-8H,9H2,(H2,20,21,22,24). The quantitative estimate of drug-likeness (QED) is 0.602. The largest absolute Gasteiger partial charge is 0.488 e. The summed E-state index contributed by atoms with van der Waals surface area (Å²) >= 11 is 8.30. The normalized spacial score (nSPS) is 15.3. The van der Waals surface area contributed by atoms with Crippen molar-refractivity contribution in [3.63, 3.8) is 0 Å². The van der Waals surface area contributed by atoms with Gasteiger partial charge in [0.15, 0.2) is 5.11 Å². The number of carbonyl (C=O) groups is 1. The molecule has 0 aromatic heterocycles. The number of hydrogen-bond donors (Lipinski definition) is 2. The van der Waals surface area contributed by atoms with Crippen molar-refractivity contribution in [3.05, 3.63) is 69.6 Å². The summed E-state index contributed by atoms with van der Waals surface area (Å²) in [4.78, 5) is 11.8. The monoisotopic (exact) mass is 406 g/mol. The molecule has 0 aliphatic carbocycles. The van der Waals surface area contributed by atoms with Crippen LogP contribution in [-0.4, -0.2) is 11.0 Å². The molecule has 1 aliphatic rings. The number of nitrogens with one attached hydrogen (secondary N) is 2. The van der Waals surface area contributed by atoms with Gasteiger partial charge in [0.25, 0.3) is 5.91 Å². The molecule has 1 saturated heterocycles. The van der Waals surface area contributed by atoms with E-state index in [4.69, 9.17) is 17.0 Å². The van der Waals surface area contributed by atoms with Crippen molar-refractivity contribution in [2.24, 2.45) is 0 Å². The lowest BCUT2D eigenvalue weighted by molar-refractivity contribution is -0.115. The van der Waals surface area contributed by atoms with Crippen LogP contribution in [0.3, 0.4) is 0 Å². The van der Waals surface area contributed by atoms with Gasteiger partial charge in [0.2, 0.25) is 0 Å². The minimum absolute atomic E-state index is 0.0858. The van der Waals surface area contributed by atoms with Crippen molar-refractivity contribution in [1.82, 2.24) is 10.6 Å². The Kier molecular flexibility index (Phi) is 4.92. The van der Waals surface area contributed by atoms with Crippen molar-refractivity contribution in [1.29, 1.82) is 0 Å². The summed E-state index contributed by atoms with van der Waals surface area (Å²) in [5.41, 5.74) is 1.45. The fraction of sp³-hybridized carbons (Fsp3) is 0.0588. The third-order valence-electron chi connectivity index (χ3n) is 3.33. The van der Waals surface area contributed by atoms with Crippen molar-refractivity contribution in [2.45, 2.75) is 6.61 Å². The van der Waals surface area contributed by atoms with Gasteiger partial charge < -0.3 is 10.1 Å². The molecule has 24 heavy (non-hydrogen) atoms. The molecule has 0 spiro atoms. The van der Waals surface area contributed by atoms with E-state index >= 15 is 0 Å². The second-order valence-corrected chi connectivity index (χ2v) is 6.35. The van der Waals surface area contributed by atoms with Gasteiger partial charge in [-0.1, -0.05) is 34.1 Å². The second-order valence-electron chi connectivity index (χ2n) is 5.03. The van der Waals surface area contributed by atoms with Gasteiger partial charge in [0, 0.05) is 15.6 Å². The van der Waals surface area contributed by atoms with Crippen LogP contribution in [0.15, 0.2) is 52.6 Å². The molecule has 0 unspecified atom stereocenters. The Morgan fingerprint density at radius 3 is 2.71 bits per heavy atom. The average Bonchev–Trinajstić information content (AvgIpc) is 2.85. The molecule has 1 heterocycles. The van der Waals surface area contributed by atoms with Crippen LogP contribution in [0.4, 0.5) is 4.39 Å². The Morgan fingerprint density at radius 2 is 2.00 bits per heavy atom. The highest BCUT2D eigenvalue weighted by atomic mass is 79.9. The van der Waals surface area contributed by atoms with E-state index in [1.165, 1.54) is 6.07 Å². The van der Waals surface area contributed by atoms with Crippen molar-refractivity contribution >= 4 is 45.2 Å². The van der Waals surface area contributed by atoms with Gasteiger partial charge in [0.1, 0.15) is 23.9 Å². The van der Waals surface area contributed by atoms with E-state index in [1.54, 1.807) is 36.4 Å². The molecular weight excluding hydrogens is 395 g/mol. The van der Waals surface area contributed by atoms with Gasteiger partial charge in [-0.25, -0.2) is 4.39 Å². The van der Waals surface area contributed by atoms with Gasteiger partial charge in [-0.3, -0.25) is 10.1 Å². The smallest absolute Gasteiger partial charge is 0.273 e. The van der Waals surface area contributed by atoms with Crippen LogP contribution >= 0.6 is 28.1 Å². The molecule has 2 N–H and O–H groups in total. The Morgan fingerprint density at radius 1 is 1.21 bits per heavy atom. The minimum Gasteiger partial charge on any atom is -0.488 e. The molecule has 0 bridgehead atoms. The molecular formula is C17H12BrFN2O2S. The van der Waals surface area contributed by atoms with E-state index in [1.807, 2.05) is 6.07 Å². The molecule has 2 aromatic rings. The zero-order chi connectivity index (χ0) is 17.1. The Balaban J connectivity index is 1.86. The van der Waals surface area contributed by atoms with Gasteiger partial charge >= 0.3 is 0 Å². The fourth-order valence-electron chi connectivity index (χ4n) is 2.17. The number of ether oxygens (including phenoxy) is 1. The Bertz CT molecular complexity index is 854. The zero-order valence-electron chi connectivity index (χ0n) is 12.3. The number of halogens is 2. The van der Waals surface area contributed by atoms with E-state index < -0.39 is 0 Å². The van der Waals surface area contributed by atoms with Crippen LogP contribution in [0.2, 0.25) is 0 Å². The maximum Gasteiger partial charge on any atom is 0.273 e. The minimum atomic E-state index is -0.322. The first-order valence-corrected chi connectivity index (χ1v) is 8.23. The molecule has 3 rings (SSSR count). The summed E-state index contributed by atoms with van der Waals surface area (Å²) in [6, 6.07) is 11.8. The van der Waals surface area contributed by atoms with Crippen LogP contribution in [0.1, 0.15) is 11.1 Å². The van der Waals surface area contributed by atoms with Gasteiger partial charge in [-0.05, 0) is 42.6 Å².